The van der Waals surface area contributed by atoms with Crippen molar-refractivity contribution >= 4 is 11.6 Å². The molecule has 5 heteroatoms. The molecular formula is C11H20ClN3O. The lowest BCUT2D eigenvalue weighted by molar-refractivity contribution is 0.110. The van der Waals surface area contributed by atoms with E-state index in [-0.39, 0.29) is 5.54 Å². The zero-order valence-corrected chi connectivity index (χ0v) is 11.2. The number of ether oxygens (including phenoxy) is 1. The Morgan fingerprint density at radius 3 is 2.38 bits per heavy atom. The van der Waals surface area contributed by atoms with Crippen molar-refractivity contribution in [3.05, 3.63) is 11.6 Å². The molecule has 1 rings (SSSR count). The molecule has 0 N–H and O–H groups in total. The van der Waals surface area contributed by atoms with Crippen LogP contribution in [0.3, 0.4) is 0 Å². The van der Waals surface area contributed by atoms with Crippen molar-refractivity contribution in [3.8, 4) is 0 Å². The first-order valence-corrected chi connectivity index (χ1v) is 6.11. The minimum Gasteiger partial charge on any atom is -0.373 e. The molecule has 0 aliphatic rings. The number of rotatable bonds is 5. The van der Waals surface area contributed by atoms with Gasteiger partial charge in [0.2, 0.25) is 0 Å². The van der Waals surface area contributed by atoms with Gasteiger partial charge in [-0.15, -0.1) is 21.8 Å². The van der Waals surface area contributed by atoms with Crippen LogP contribution in [0, 0.1) is 0 Å². The van der Waals surface area contributed by atoms with E-state index in [1.807, 2.05) is 0 Å². The van der Waals surface area contributed by atoms with E-state index in [9.17, 15) is 0 Å². The van der Waals surface area contributed by atoms with Crippen LogP contribution < -0.4 is 0 Å². The Kier molecular flexibility index (Phi) is 4.74. The average Bonchev–Trinajstić information content (AvgIpc) is 2.61. The molecule has 0 aromatic carbocycles. The highest BCUT2D eigenvalue weighted by Gasteiger charge is 2.22. The third-order valence-corrected chi connectivity index (χ3v) is 2.41. The monoisotopic (exact) mass is 245 g/mol. The van der Waals surface area contributed by atoms with Crippen molar-refractivity contribution in [2.75, 3.05) is 6.61 Å². The molecule has 0 unspecified atom stereocenters. The largest absolute Gasteiger partial charge is 0.373 e. The van der Waals surface area contributed by atoms with Crippen molar-refractivity contribution in [2.45, 2.75) is 52.1 Å². The summed E-state index contributed by atoms with van der Waals surface area (Å²) in [6.45, 7) is 9.64. The van der Waals surface area contributed by atoms with E-state index < -0.39 is 0 Å². The van der Waals surface area contributed by atoms with Crippen LogP contribution >= 0.6 is 11.6 Å². The molecule has 0 radical (unpaired) electrons. The van der Waals surface area contributed by atoms with Crippen molar-refractivity contribution in [2.24, 2.45) is 0 Å². The molecule has 0 spiro atoms. The minimum atomic E-state index is -0.0708. The van der Waals surface area contributed by atoms with Gasteiger partial charge < -0.3 is 9.30 Å². The molecule has 0 saturated heterocycles. The van der Waals surface area contributed by atoms with Gasteiger partial charge in [0, 0.05) is 12.1 Å². The Hall–Kier alpha value is -0.610. The Morgan fingerprint density at radius 1 is 1.25 bits per heavy atom. The summed E-state index contributed by atoms with van der Waals surface area (Å²) >= 11 is 5.85. The highest BCUT2D eigenvalue weighted by atomic mass is 35.5. The normalized spacial score (nSPS) is 12.1. The van der Waals surface area contributed by atoms with Gasteiger partial charge in [-0.2, -0.15) is 0 Å². The van der Waals surface area contributed by atoms with E-state index in [0.29, 0.717) is 12.5 Å². The molecule has 1 aromatic rings. The van der Waals surface area contributed by atoms with Gasteiger partial charge in [-0.05, 0) is 27.2 Å². The second-order valence-electron chi connectivity index (χ2n) is 4.72. The number of halogens is 1. The number of alkyl halides is 1. The van der Waals surface area contributed by atoms with Gasteiger partial charge in [0.15, 0.2) is 5.82 Å². The molecule has 4 nitrogen and oxygen atoms in total. The first kappa shape index (κ1) is 13.5. The third kappa shape index (κ3) is 3.19. The van der Waals surface area contributed by atoms with Crippen LogP contribution in [0.4, 0.5) is 0 Å². The van der Waals surface area contributed by atoms with E-state index in [2.05, 4.69) is 42.5 Å². The summed E-state index contributed by atoms with van der Waals surface area (Å²) in [7, 11) is 0. The fourth-order valence-electron chi connectivity index (χ4n) is 1.62. The first-order chi connectivity index (χ1) is 7.50. The molecule has 0 saturated carbocycles. The number of hydrogen-bond donors (Lipinski definition) is 0. The molecule has 0 atom stereocenters. The van der Waals surface area contributed by atoms with Crippen molar-refractivity contribution in [1.82, 2.24) is 14.8 Å². The number of aromatic nitrogens is 3. The maximum absolute atomic E-state index is 5.85. The predicted octanol–water partition coefficient (Wildman–Crippen LogP) is 2.70. The molecule has 16 heavy (non-hydrogen) atoms. The van der Waals surface area contributed by atoms with Gasteiger partial charge in [-0.3, -0.25) is 0 Å². The lowest BCUT2D eigenvalue weighted by Crippen LogP contribution is -2.26. The molecule has 0 bridgehead atoms. The molecule has 1 heterocycles. The molecule has 0 aliphatic carbocycles. The minimum absolute atomic E-state index is 0.0708. The van der Waals surface area contributed by atoms with Gasteiger partial charge in [0.25, 0.3) is 0 Å². The van der Waals surface area contributed by atoms with Crippen LogP contribution in [-0.4, -0.2) is 21.4 Å². The first-order valence-electron chi connectivity index (χ1n) is 5.58. The van der Waals surface area contributed by atoms with E-state index in [0.717, 1.165) is 24.7 Å². The second kappa shape index (κ2) is 5.64. The van der Waals surface area contributed by atoms with Crippen LogP contribution in [0.25, 0.3) is 0 Å². The third-order valence-electron chi connectivity index (χ3n) is 2.17. The Morgan fingerprint density at radius 2 is 1.88 bits per heavy atom. The van der Waals surface area contributed by atoms with Gasteiger partial charge in [-0.1, -0.05) is 6.92 Å². The van der Waals surface area contributed by atoms with Gasteiger partial charge in [0.1, 0.15) is 12.4 Å². The van der Waals surface area contributed by atoms with Gasteiger partial charge in [0.05, 0.1) is 5.88 Å². The quantitative estimate of drug-likeness (QED) is 0.592. The smallest absolute Gasteiger partial charge is 0.159 e. The zero-order chi connectivity index (χ0) is 12.2. The molecule has 0 aliphatic heterocycles. The lowest BCUT2D eigenvalue weighted by atomic mass is 10.1. The predicted molar refractivity (Wildman–Crippen MR) is 64.5 cm³/mol. The van der Waals surface area contributed by atoms with Crippen molar-refractivity contribution < 1.29 is 4.74 Å². The van der Waals surface area contributed by atoms with Crippen LogP contribution in [0.5, 0.6) is 0 Å². The summed E-state index contributed by atoms with van der Waals surface area (Å²) < 4.78 is 7.55. The lowest BCUT2D eigenvalue weighted by Gasteiger charge is -2.24. The molecule has 1 aromatic heterocycles. The standard InChI is InChI=1S/C11H20ClN3O/c1-5-6-16-8-10-14-13-9(7-12)15(10)11(2,3)4/h5-8H2,1-4H3. The van der Waals surface area contributed by atoms with Crippen LogP contribution in [0.2, 0.25) is 0 Å². The van der Waals surface area contributed by atoms with E-state index >= 15 is 0 Å². The van der Waals surface area contributed by atoms with Crippen LogP contribution in [-0.2, 0) is 22.8 Å². The van der Waals surface area contributed by atoms with Crippen molar-refractivity contribution in [1.29, 1.82) is 0 Å². The van der Waals surface area contributed by atoms with E-state index in [1.165, 1.54) is 0 Å². The summed E-state index contributed by atoms with van der Waals surface area (Å²) in [5.41, 5.74) is -0.0708. The highest BCUT2D eigenvalue weighted by molar-refractivity contribution is 6.16. The van der Waals surface area contributed by atoms with Crippen molar-refractivity contribution in [3.63, 3.8) is 0 Å². The maximum Gasteiger partial charge on any atom is 0.159 e. The fraction of sp³-hybridized carbons (Fsp3) is 0.818. The summed E-state index contributed by atoms with van der Waals surface area (Å²) in [5.74, 6) is 2.01. The molecule has 92 valence electrons. The molecule has 0 fully saturated rings. The molecular weight excluding hydrogens is 226 g/mol. The summed E-state index contributed by atoms with van der Waals surface area (Å²) in [4.78, 5) is 0. The van der Waals surface area contributed by atoms with Crippen LogP contribution in [0.15, 0.2) is 0 Å². The maximum atomic E-state index is 5.85. The van der Waals surface area contributed by atoms with E-state index in [1.54, 1.807) is 0 Å². The Balaban J connectivity index is 2.88. The summed E-state index contributed by atoms with van der Waals surface area (Å²) in [5, 5.41) is 8.21. The molecule has 0 amide bonds. The average molecular weight is 246 g/mol. The Bertz CT molecular complexity index is 330. The highest BCUT2D eigenvalue weighted by Crippen LogP contribution is 2.20. The Labute approximate surface area is 102 Å². The summed E-state index contributed by atoms with van der Waals surface area (Å²) in [6.07, 6.45) is 1.01. The van der Waals surface area contributed by atoms with E-state index in [4.69, 9.17) is 16.3 Å². The SMILES string of the molecule is CCCOCc1nnc(CCl)n1C(C)(C)C. The fourth-order valence-corrected chi connectivity index (χ4v) is 1.79. The zero-order valence-electron chi connectivity index (χ0n) is 10.5. The number of hydrogen-bond acceptors (Lipinski definition) is 3. The van der Waals surface area contributed by atoms with Crippen LogP contribution in [0.1, 0.15) is 45.8 Å². The van der Waals surface area contributed by atoms with Gasteiger partial charge >= 0.3 is 0 Å². The number of nitrogens with zero attached hydrogens (tertiary/aromatic N) is 3. The second-order valence-corrected chi connectivity index (χ2v) is 4.99. The topological polar surface area (TPSA) is 39.9 Å². The summed E-state index contributed by atoms with van der Waals surface area (Å²) in [6, 6.07) is 0. The van der Waals surface area contributed by atoms with Gasteiger partial charge in [-0.25, -0.2) is 0 Å².